The van der Waals surface area contributed by atoms with Crippen molar-refractivity contribution in [1.82, 2.24) is 9.97 Å². The van der Waals surface area contributed by atoms with Gasteiger partial charge in [0.25, 0.3) is 0 Å². The predicted octanol–water partition coefficient (Wildman–Crippen LogP) is 5.45. The van der Waals surface area contributed by atoms with Crippen molar-refractivity contribution in [2.45, 2.75) is 40.0 Å². The number of nitrogens with zero attached hydrogens (tertiary/aromatic N) is 2. The number of aromatic nitrogens is 2. The van der Waals surface area contributed by atoms with E-state index in [2.05, 4.69) is 30.7 Å². The Hall–Kier alpha value is -1.67. The first-order chi connectivity index (χ1) is 10.1. The third-order valence-corrected chi connectivity index (χ3v) is 3.81. The quantitative estimate of drug-likeness (QED) is 0.686. The largest absolute Gasteiger partial charge is 0.265 e. The van der Waals surface area contributed by atoms with Crippen molar-refractivity contribution in [2.24, 2.45) is 0 Å². The number of aryl methyl sites for hydroxylation is 1. The highest BCUT2D eigenvalue weighted by Gasteiger charge is 2.13. The van der Waals surface area contributed by atoms with Crippen molar-refractivity contribution < 1.29 is 0 Å². The number of hydrogen-bond acceptors (Lipinski definition) is 2. The molecule has 0 fully saturated rings. The molecule has 0 amide bonds. The van der Waals surface area contributed by atoms with Crippen LogP contribution in [0, 0.1) is 6.92 Å². The van der Waals surface area contributed by atoms with Crippen LogP contribution in [0.2, 0.25) is 5.15 Å². The van der Waals surface area contributed by atoms with E-state index in [-0.39, 0.29) is 0 Å². The average Bonchev–Trinajstić information content (AvgIpc) is 2.50. The molecule has 0 saturated heterocycles. The van der Waals surface area contributed by atoms with Crippen molar-refractivity contribution in [3.63, 3.8) is 0 Å². The lowest BCUT2D eigenvalue weighted by molar-refractivity contribution is 0.788. The Morgan fingerprint density at radius 2 is 1.86 bits per heavy atom. The van der Waals surface area contributed by atoms with Crippen LogP contribution in [-0.4, -0.2) is 9.97 Å². The van der Waals surface area contributed by atoms with Gasteiger partial charge in [0.1, 0.15) is 5.15 Å². The summed E-state index contributed by atoms with van der Waals surface area (Å²) in [6.07, 6.45) is 7.08. The smallest absolute Gasteiger partial charge is 0.129 e. The molecule has 0 aliphatic rings. The summed E-state index contributed by atoms with van der Waals surface area (Å²) in [6.45, 7) is 6.47. The molecule has 0 spiro atoms. The van der Waals surface area contributed by atoms with Gasteiger partial charge in [-0.1, -0.05) is 36.6 Å². The van der Waals surface area contributed by atoms with Gasteiger partial charge in [-0.2, -0.15) is 0 Å². The average molecular weight is 301 g/mol. The molecule has 2 aromatic heterocycles. The van der Waals surface area contributed by atoms with Gasteiger partial charge >= 0.3 is 0 Å². The van der Waals surface area contributed by atoms with E-state index in [4.69, 9.17) is 11.6 Å². The molecule has 21 heavy (non-hydrogen) atoms. The standard InChI is InChI=1S/C18H21ClN2/c1-4-5-6-13(2)17(15-9-11-20-12-10-15)18-14(3)7-8-16(19)21-18/h7-12H,4-6H2,1-3H3/b17-13-. The van der Waals surface area contributed by atoms with Gasteiger partial charge in [0.2, 0.25) is 0 Å². The minimum Gasteiger partial charge on any atom is -0.265 e. The Bertz CT molecular complexity index is 633. The lowest BCUT2D eigenvalue weighted by Crippen LogP contribution is -1.99. The van der Waals surface area contributed by atoms with Crippen LogP contribution in [0.4, 0.5) is 0 Å². The fraction of sp³-hybridized carbons (Fsp3) is 0.333. The fourth-order valence-corrected chi connectivity index (χ4v) is 2.58. The summed E-state index contributed by atoms with van der Waals surface area (Å²) in [5, 5.41) is 0.533. The zero-order valence-electron chi connectivity index (χ0n) is 12.9. The summed E-state index contributed by atoms with van der Waals surface area (Å²) in [5.41, 5.74) is 5.80. The van der Waals surface area contributed by atoms with Crippen molar-refractivity contribution >= 4 is 17.2 Å². The van der Waals surface area contributed by atoms with E-state index in [0.717, 1.165) is 23.2 Å². The first kappa shape index (κ1) is 15.7. The second-order valence-electron chi connectivity index (χ2n) is 5.29. The van der Waals surface area contributed by atoms with Crippen LogP contribution >= 0.6 is 11.6 Å². The number of allylic oxidation sites excluding steroid dienone is 1. The molecule has 0 atom stereocenters. The van der Waals surface area contributed by atoms with Gasteiger partial charge < -0.3 is 0 Å². The van der Waals surface area contributed by atoms with E-state index in [1.54, 1.807) is 0 Å². The first-order valence-corrected chi connectivity index (χ1v) is 7.75. The maximum atomic E-state index is 6.11. The molecule has 2 nitrogen and oxygen atoms in total. The topological polar surface area (TPSA) is 25.8 Å². The highest BCUT2D eigenvalue weighted by Crippen LogP contribution is 2.30. The number of unbranched alkanes of at least 4 members (excludes halogenated alkanes) is 1. The molecule has 0 aromatic carbocycles. The van der Waals surface area contributed by atoms with Gasteiger partial charge in [-0.15, -0.1) is 0 Å². The first-order valence-electron chi connectivity index (χ1n) is 7.37. The number of halogens is 1. The molecule has 0 unspecified atom stereocenters. The molecule has 2 heterocycles. The molecule has 0 radical (unpaired) electrons. The highest BCUT2D eigenvalue weighted by molar-refractivity contribution is 6.29. The molecule has 0 aliphatic carbocycles. The lowest BCUT2D eigenvalue weighted by Gasteiger charge is -2.15. The van der Waals surface area contributed by atoms with Gasteiger partial charge in [0.05, 0.1) is 5.69 Å². The van der Waals surface area contributed by atoms with Crippen LogP contribution in [0.15, 0.2) is 42.2 Å². The van der Waals surface area contributed by atoms with E-state index < -0.39 is 0 Å². The Kier molecular flexibility index (Phi) is 5.51. The zero-order valence-corrected chi connectivity index (χ0v) is 13.6. The second-order valence-corrected chi connectivity index (χ2v) is 5.68. The molecule has 110 valence electrons. The van der Waals surface area contributed by atoms with Crippen molar-refractivity contribution in [3.05, 3.63) is 64.2 Å². The molecule has 0 N–H and O–H groups in total. The Morgan fingerprint density at radius 1 is 1.14 bits per heavy atom. The number of rotatable bonds is 5. The van der Waals surface area contributed by atoms with E-state index in [0.29, 0.717) is 5.15 Å². The molecule has 0 bridgehead atoms. The Balaban J connectivity index is 2.58. The molecular weight excluding hydrogens is 280 g/mol. The summed E-state index contributed by atoms with van der Waals surface area (Å²) >= 11 is 6.11. The van der Waals surface area contributed by atoms with Gasteiger partial charge in [0, 0.05) is 18.0 Å². The molecule has 0 aliphatic heterocycles. The van der Waals surface area contributed by atoms with E-state index in [1.165, 1.54) is 24.0 Å². The summed E-state index contributed by atoms with van der Waals surface area (Å²) in [4.78, 5) is 8.68. The minimum atomic E-state index is 0.533. The molecule has 2 aromatic rings. The van der Waals surface area contributed by atoms with Crippen LogP contribution in [0.1, 0.15) is 49.9 Å². The highest BCUT2D eigenvalue weighted by atomic mass is 35.5. The monoisotopic (exact) mass is 300 g/mol. The maximum Gasteiger partial charge on any atom is 0.129 e. The zero-order chi connectivity index (χ0) is 15.2. The van der Waals surface area contributed by atoms with Crippen LogP contribution in [0.5, 0.6) is 0 Å². The number of pyridine rings is 2. The fourth-order valence-electron chi connectivity index (χ4n) is 2.43. The SMILES string of the molecule is CCCC/C(C)=C(/c1ccncc1)c1nc(Cl)ccc1C. The summed E-state index contributed by atoms with van der Waals surface area (Å²) in [6, 6.07) is 7.94. The van der Waals surface area contributed by atoms with Crippen molar-refractivity contribution in [3.8, 4) is 0 Å². The van der Waals surface area contributed by atoms with E-state index in [1.807, 2.05) is 36.7 Å². The Morgan fingerprint density at radius 3 is 2.52 bits per heavy atom. The third-order valence-electron chi connectivity index (χ3n) is 3.60. The lowest BCUT2D eigenvalue weighted by atomic mass is 9.93. The van der Waals surface area contributed by atoms with Crippen LogP contribution in [0.3, 0.4) is 0 Å². The Labute approximate surface area is 131 Å². The maximum absolute atomic E-state index is 6.11. The predicted molar refractivity (Wildman–Crippen MR) is 89.4 cm³/mol. The van der Waals surface area contributed by atoms with Gasteiger partial charge in [0.15, 0.2) is 0 Å². The second kappa shape index (κ2) is 7.37. The van der Waals surface area contributed by atoms with E-state index in [9.17, 15) is 0 Å². The normalized spacial score (nSPS) is 12.2. The molecule has 2 rings (SSSR count). The van der Waals surface area contributed by atoms with Gasteiger partial charge in [-0.25, -0.2) is 4.98 Å². The minimum absolute atomic E-state index is 0.533. The van der Waals surface area contributed by atoms with Crippen LogP contribution in [-0.2, 0) is 0 Å². The molecular formula is C18H21ClN2. The van der Waals surface area contributed by atoms with E-state index >= 15 is 0 Å². The van der Waals surface area contributed by atoms with Gasteiger partial charge in [-0.3, -0.25) is 4.98 Å². The molecule has 0 saturated carbocycles. The summed E-state index contributed by atoms with van der Waals surface area (Å²) in [5.74, 6) is 0. The number of hydrogen-bond donors (Lipinski definition) is 0. The van der Waals surface area contributed by atoms with Crippen LogP contribution in [0.25, 0.3) is 5.57 Å². The van der Waals surface area contributed by atoms with Crippen molar-refractivity contribution in [1.29, 1.82) is 0 Å². The summed E-state index contributed by atoms with van der Waals surface area (Å²) < 4.78 is 0. The van der Waals surface area contributed by atoms with Crippen LogP contribution < -0.4 is 0 Å². The van der Waals surface area contributed by atoms with Crippen molar-refractivity contribution in [2.75, 3.05) is 0 Å². The third kappa shape index (κ3) is 3.92. The summed E-state index contributed by atoms with van der Waals surface area (Å²) in [7, 11) is 0. The molecule has 3 heteroatoms. The van der Waals surface area contributed by atoms with Gasteiger partial charge in [-0.05, 0) is 56.0 Å².